The maximum atomic E-state index is 13.3. The van der Waals surface area contributed by atoms with Gasteiger partial charge in [-0.1, -0.05) is 25.0 Å². The Kier molecular flexibility index (Phi) is 3.74. The Labute approximate surface area is 118 Å². The fourth-order valence-electron chi connectivity index (χ4n) is 3.87. The molecule has 2 fully saturated rings. The zero-order chi connectivity index (χ0) is 14.1. The van der Waals surface area contributed by atoms with Crippen LogP contribution in [0, 0.1) is 11.7 Å². The molecule has 3 rings (SSSR count). The number of halogens is 1. The maximum absolute atomic E-state index is 13.3. The molecule has 3 atom stereocenters. The Morgan fingerprint density at radius 3 is 2.90 bits per heavy atom. The lowest BCUT2D eigenvalue weighted by Gasteiger charge is -2.33. The van der Waals surface area contributed by atoms with Crippen LogP contribution < -0.4 is 0 Å². The van der Waals surface area contributed by atoms with Crippen LogP contribution in [0.5, 0.6) is 0 Å². The van der Waals surface area contributed by atoms with Crippen LogP contribution in [0.2, 0.25) is 0 Å². The lowest BCUT2D eigenvalue weighted by atomic mass is 9.84. The number of carboxylic acid groups (broad SMARTS) is 1. The summed E-state index contributed by atoms with van der Waals surface area (Å²) in [6.45, 7) is 0.538. The highest BCUT2D eigenvalue weighted by Crippen LogP contribution is 2.40. The molecule has 0 amide bonds. The number of hydrogen-bond acceptors (Lipinski definition) is 2. The number of likely N-dealkylation sites (tertiary alicyclic amines) is 1. The molecule has 1 aliphatic heterocycles. The van der Waals surface area contributed by atoms with Gasteiger partial charge in [0, 0.05) is 12.6 Å². The molecule has 0 aromatic heterocycles. The fourth-order valence-corrected chi connectivity index (χ4v) is 3.87. The van der Waals surface area contributed by atoms with Gasteiger partial charge in [-0.15, -0.1) is 0 Å². The van der Waals surface area contributed by atoms with Crippen molar-refractivity contribution in [2.75, 3.05) is 0 Å². The Morgan fingerprint density at radius 2 is 2.15 bits per heavy atom. The molecule has 1 aromatic carbocycles. The molecule has 1 heterocycles. The van der Waals surface area contributed by atoms with E-state index in [-0.39, 0.29) is 5.82 Å². The standard InChI is InChI=1S/C16H20FNO2/c17-13-6-3-4-11(8-13)10-18-14-7-2-1-5-12(14)9-15(18)16(19)20/h3-4,6,8,12,14-15H,1-2,5,7,9-10H2,(H,19,20)/t12-,14+,15-/m0/s1. The molecule has 2 aliphatic rings. The van der Waals surface area contributed by atoms with Gasteiger partial charge in [-0.05, 0) is 42.9 Å². The minimum Gasteiger partial charge on any atom is -0.480 e. The van der Waals surface area contributed by atoms with Gasteiger partial charge >= 0.3 is 5.97 Å². The number of nitrogens with zero attached hydrogens (tertiary/aromatic N) is 1. The van der Waals surface area contributed by atoms with Crippen LogP contribution in [-0.2, 0) is 11.3 Å². The van der Waals surface area contributed by atoms with E-state index in [0.29, 0.717) is 18.5 Å². The van der Waals surface area contributed by atoms with Gasteiger partial charge in [0.05, 0.1) is 0 Å². The molecule has 20 heavy (non-hydrogen) atoms. The Morgan fingerprint density at radius 1 is 1.35 bits per heavy atom. The number of aliphatic carboxylic acids is 1. The lowest BCUT2D eigenvalue weighted by Crippen LogP contribution is -2.41. The van der Waals surface area contributed by atoms with E-state index in [1.807, 2.05) is 6.07 Å². The van der Waals surface area contributed by atoms with Gasteiger partial charge in [-0.2, -0.15) is 0 Å². The van der Waals surface area contributed by atoms with E-state index in [1.54, 1.807) is 6.07 Å². The van der Waals surface area contributed by atoms with Crippen molar-refractivity contribution < 1.29 is 14.3 Å². The van der Waals surface area contributed by atoms with E-state index in [2.05, 4.69) is 4.90 Å². The summed E-state index contributed by atoms with van der Waals surface area (Å²) in [5.41, 5.74) is 0.863. The van der Waals surface area contributed by atoms with E-state index >= 15 is 0 Å². The summed E-state index contributed by atoms with van der Waals surface area (Å²) in [5, 5.41) is 9.45. The molecule has 1 saturated carbocycles. The van der Waals surface area contributed by atoms with Crippen molar-refractivity contribution in [3.8, 4) is 0 Å². The van der Waals surface area contributed by atoms with Crippen LogP contribution in [0.15, 0.2) is 24.3 Å². The normalized spacial score (nSPS) is 30.1. The van der Waals surface area contributed by atoms with Gasteiger partial charge in [0.15, 0.2) is 0 Å². The first-order valence-electron chi connectivity index (χ1n) is 7.38. The third kappa shape index (κ3) is 2.57. The van der Waals surface area contributed by atoms with Gasteiger partial charge in [0.1, 0.15) is 11.9 Å². The quantitative estimate of drug-likeness (QED) is 0.923. The summed E-state index contributed by atoms with van der Waals surface area (Å²) in [4.78, 5) is 13.6. The molecule has 0 bridgehead atoms. The first kappa shape index (κ1) is 13.6. The van der Waals surface area contributed by atoms with E-state index in [4.69, 9.17) is 0 Å². The highest BCUT2D eigenvalue weighted by Gasteiger charge is 2.44. The van der Waals surface area contributed by atoms with Gasteiger partial charge in [-0.25, -0.2) is 4.39 Å². The number of carbonyl (C=O) groups is 1. The van der Waals surface area contributed by atoms with Crippen LogP contribution in [0.25, 0.3) is 0 Å². The fraction of sp³-hybridized carbons (Fsp3) is 0.562. The summed E-state index contributed by atoms with van der Waals surface area (Å²) < 4.78 is 13.3. The Bertz CT molecular complexity index is 505. The van der Waals surface area contributed by atoms with Gasteiger partial charge in [0.2, 0.25) is 0 Å². The zero-order valence-corrected chi connectivity index (χ0v) is 11.5. The summed E-state index contributed by atoms with van der Waals surface area (Å²) in [5.74, 6) is -0.497. The molecular formula is C16H20FNO2. The van der Waals surface area contributed by atoms with Crippen molar-refractivity contribution in [3.05, 3.63) is 35.6 Å². The number of rotatable bonds is 3. The molecule has 1 N–H and O–H groups in total. The first-order chi connectivity index (χ1) is 9.65. The Balaban J connectivity index is 1.82. The first-order valence-corrected chi connectivity index (χ1v) is 7.38. The zero-order valence-electron chi connectivity index (χ0n) is 11.5. The number of benzene rings is 1. The summed E-state index contributed by atoms with van der Waals surface area (Å²) in [6.07, 6.45) is 5.33. The molecule has 4 heteroatoms. The largest absolute Gasteiger partial charge is 0.480 e. The van der Waals surface area contributed by atoms with Crippen molar-refractivity contribution in [1.29, 1.82) is 0 Å². The van der Waals surface area contributed by atoms with Gasteiger partial charge < -0.3 is 5.11 Å². The highest BCUT2D eigenvalue weighted by molar-refractivity contribution is 5.74. The molecule has 0 spiro atoms. The molecule has 0 radical (unpaired) electrons. The van der Waals surface area contributed by atoms with Crippen molar-refractivity contribution in [2.45, 2.75) is 50.7 Å². The van der Waals surface area contributed by atoms with Crippen LogP contribution in [0.1, 0.15) is 37.7 Å². The molecular weight excluding hydrogens is 257 g/mol. The van der Waals surface area contributed by atoms with Gasteiger partial charge in [-0.3, -0.25) is 9.69 Å². The van der Waals surface area contributed by atoms with E-state index in [9.17, 15) is 14.3 Å². The molecule has 1 aliphatic carbocycles. The SMILES string of the molecule is O=C(O)[C@@H]1C[C@@H]2CCCC[C@H]2N1Cc1cccc(F)c1. The van der Waals surface area contributed by atoms with E-state index in [0.717, 1.165) is 24.8 Å². The second-order valence-electron chi connectivity index (χ2n) is 6.00. The van der Waals surface area contributed by atoms with Crippen LogP contribution in [-0.4, -0.2) is 28.1 Å². The van der Waals surface area contributed by atoms with Crippen LogP contribution in [0.4, 0.5) is 4.39 Å². The predicted molar refractivity (Wildman–Crippen MR) is 73.7 cm³/mol. The third-order valence-electron chi connectivity index (χ3n) is 4.76. The topological polar surface area (TPSA) is 40.5 Å². The third-order valence-corrected chi connectivity index (χ3v) is 4.76. The molecule has 108 valence electrons. The van der Waals surface area contributed by atoms with Crippen LogP contribution in [0.3, 0.4) is 0 Å². The second-order valence-corrected chi connectivity index (χ2v) is 6.00. The Hall–Kier alpha value is -1.42. The van der Waals surface area contributed by atoms with Crippen molar-refractivity contribution in [3.63, 3.8) is 0 Å². The number of carboxylic acids is 1. The minimum atomic E-state index is -0.740. The maximum Gasteiger partial charge on any atom is 0.320 e. The number of hydrogen-bond donors (Lipinski definition) is 1. The summed E-state index contributed by atoms with van der Waals surface area (Å²) >= 11 is 0. The monoisotopic (exact) mass is 277 g/mol. The predicted octanol–water partition coefficient (Wildman–Crippen LogP) is 3.04. The highest BCUT2D eigenvalue weighted by atomic mass is 19.1. The molecule has 0 unspecified atom stereocenters. The average Bonchev–Trinajstić information content (AvgIpc) is 2.78. The average molecular weight is 277 g/mol. The van der Waals surface area contributed by atoms with Crippen molar-refractivity contribution >= 4 is 5.97 Å². The van der Waals surface area contributed by atoms with Crippen LogP contribution >= 0.6 is 0 Å². The lowest BCUT2D eigenvalue weighted by molar-refractivity contribution is -0.142. The van der Waals surface area contributed by atoms with Crippen molar-refractivity contribution in [1.82, 2.24) is 4.90 Å². The number of fused-ring (bicyclic) bond motifs is 1. The summed E-state index contributed by atoms with van der Waals surface area (Å²) in [7, 11) is 0. The minimum absolute atomic E-state index is 0.256. The molecule has 1 saturated heterocycles. The smallest absolute Gasteiger partial charge is 0.320 e. The molecule has 3 nitrogen and oxygen atoms in total. The van der Waals surface area contributed by atoms with E-state index in [1.165, 1.54) is 25.0 Å². The van der Waals surface area contributed by atoms with E-state index < -0.39 is 12.0 Å². The summed E-state index contributed by atoms with van der Waals surface area (Å²) in [6, 6.07) is 6.44. The van der Waals surface area contributed by atoms with Gasteiger partial charge in [0.25, 0.3) is 0 Å². The van der Waals surface area contributed by atoms with Crippen molar-refractivity contribution in [2.24, 2.45) is 5.92 Å². The molecule has 1 aromatic rings. The second kappa shape index (κ2) is 5.52.